The second-order valence-electron chi connectivity index (χ2n) is 4.29. The van der Waals surface area contributed by atoms with Crippen molar-refractivity contribution < 1.29 is 5.11 Å². The maximum absolute atomic E-state index is 9.12. The highest BCUT2D eigenvalue weighted by molar-refractivity contribution is 4.96. The van der Waals surface area contributed by atoms with Crippen molar-refractivity contribution in [2.24, 2.45) is 5.92 Å². The SMILES string of the molecule is C=C(CC)CN(C)CC1CC(O)C1. The molecule has 2 heteroatoms. The van der Waals surface area contributed by atoms with Crippen molar-refractivity contribution in [2.45, 2.75) is 32.3 Å². The maximum atomic E-state index is 9.12. The Hall–Kier alpha value is -0.340. The smallest absolute Gasteiger partial charge is 0.0546 e. The minimum Gasteiger partial charge on any atom is -0.393 e. The lowest BCUT2D eigenvalue weighted by Gasteiger charge is -2.34. The Bertz CT molecular complexity index is 173. The normalized spacial score (nSPS) is 27.4. The highest BCUT2D eigenvalue weighted by Crippen LogP contribution is 2.27. The summed E-state index contributed by atoms with van der Waals surface area (Å²) in [4.78, 5) is 2.31. The highest BCUT2D eigenvalue weighted by atomic mass is 16.3. The van der Waals surface area contributed by atoms with Crippen LogP contribution in [0, 0.1) is 5.92 Å². The number of likely N-dealkylation sites (N-methyl/N-ethyl adjacent to an activating group) is 1. The van der Waals surface area contributed by atoms with Gasteiger partial charge in [0.05, 0.1) is 6.10 Å². The largest absolute Gasteiger partial charge is 0.393 e. The second-order valence-corrected chi connectivity index (χ2v) is 4.29. The Morgan fingerprint density at radius 3 is 2.62 bits per heavy atom. The molecule has 0 amide bonds. The molecule has 0 aromatic heterocycles. The molecule has 0 heterocycles. The monoisotopic (exact) mass is 183 g/mol. The molecular formula is C11H21NO. The third kappa shape index (κ3) is 3.49. The Labute approximate surface area is 81.2 Å². The van der Waals surface area contributed by atoms with Gasteiger partial charge in [-0.3, -0.25) is 0 Å². The molecule has 2 nitrogen and oxygen atoms in total. The highest BCUT2D eigenvalue weighted by Gasteiger charge is 2.27. The van der Waals surface area contributed by atoms with E-state index >= 15 is 0 Å². The van der Waals surface area contributed by atoms with Crippen molar-refractivity contribution >= 4 is 0 Å². The molecule has 0 spiro atoms. The zero-order valence-corrected chi connectivity index (χ0v) is 8.79. The van der Waals surface area contributed by atoms with Crippen LogP contribution in [-0.4, -0.2) is 36.2 Å². The van der Waals surface area contributed by atoms with E-state index in [1.807, 2.05) is 0 Å². The summed E-state index contributed by atoms with van der Waals surface area (Å²) in [5.41, 5.74) is 1.29. The van der Waals surface area contributed by atoms with Gasteiger partial charge in [-0.1, -0.05) is 19.1 Å². The average Bonchev–Trinajstić information content (AvgIpc) is 2.01. The summed E-state index contributed by atoms with van der Waals surface area (Å²) in [6.07, 6.45) is 3.02. The van der Waals surface area contributed by atoms with Gasteiger partial charge in [0.1, 0.15) is 0 Å². The maximum Gasteiger partial charge on any atom is 0.0546 e. The summed E-state index contributed by atoms with van der Waals surface area (Å²) >= 11 is 0. The first-order valence-electron chi connectivity index (χ1n) is 5.15. The van der Waals surface area contributed by atoms with Gasteiger partial charge in [-0.15, -0.1) is 0 Å². The van der Waals surface area contributed by atoms with Crippen molar-refractivity contribution in [3.63, 3.8) is 0 Å². The summed E-state index contributed by atoms with van der Waals surface area (Å²) in [7, 11) is 2.13. The van der Waals surface area contributed by atoms with Crippen molar-refractivity contribution in [3.8, 4) is 0 Å². The van der Waals surface area contributed by atoms with Crippen LogP contribution in [-0.2, 0) is 0 Å². The van der Waals surface area contributed by atoms with Crippen LogP contribution in [0.15, 0.2) is 12.2 Å². The lowest BCUT2D eigenvalue weighted by Crippen LogP contribution is -2.37. The number of rotatable bonds is 5. The van der Waals surface area contributed by atoms with Gasteiger partial charge in [-0.2, -0.15) is 0 Å². The predicted octanol–water partition coefficient (Wildman–Crippen LogP) is 1.66. The molecule has 0 atom stereocenters. The number of nitrogens with zero attached hydrogens (tertiary/aromatic N) is 1. The van der Waals surface area contributed by atoms with Gasteiger partial charge in [0.15, 0.2) is 0 Å². The minimum absolute atomic E-state index is 0.0206. The number of aliphatic hydroxyl groups is 1. The third-order valence-corrected chi connectivity index (χ3v) is 2.77. The molecule has 1 N–H and O–H groups in total. The van der Waals surface area contributed by atoms with Crippen molar-refractivity contribution in [1.29, 1.82) is 0 Å². The van der Waals surface area contributed by atoms with Gasteiger partial charge in [-0.05, 0) is 32.2 Å². The van der Waals surface area contributed by atoms with Gasteiger partial charge in [0.25, 0.3) is 0 Å². The Morgan fingerprint density at radius 1 is 1.54 bits per heavy atom. The summed E-state index contributed by atoms with van der Waals surface area (Å²) in [5, 5.41) is 9.12. The molecule has 1 rings (SSSR count). The molecule has 0 radical (unpaired) electrons. The molecule has 0 bridgehead atoms. The van der Waals surface area contributed by atoms with Crippen LogP contribution in [0.2, 0.25) is 0 Å². The molecule has 76 valence electrons. The topological polar surface area (TPSA) is 23.5 Å². The zero-order valence-electron chi connectivity index (χ0n) is 8.79. The Kier molecular flexibility index (Phi) is 3.94. The van der Waals surface area contributed by atoms with Crippen LogP contribution >= 0.6 is 0 Å². The van der Waals surface area contributed by atoms with Crippen molar-refractivity contribution in [3.05, 3.63) is 12.2 Å². The van der Waals surface area contributed by atoms with Gasteiger partial charge in [0.2, 0.25) is 0 Å². The number of hydrogen-bond donors (Lipinski definition) is 1. The van der Waals surface area contributed by atoms with E-state index in [0.29, 0.717) is 5.92 Å². The minimum atomic E-state index is -0.0206. The van der Waals surface area contributed by atoms with Gasteiger partial charge in [0, 0.05) is 13.1 Å². The lowest BCUT2D eigenvalue weighted by molar-refractivity contribution is 0.0295. The van der Waals surface area contributed by atoms with Gasteiger partial charge in [-0.25, -0.2) is 0 Å². The van der Waals surface area contributed by atoms with Crippen LogP contribution in [0.5, 0.6) is 0 Å². The van der Waals surface area contributed by atoms with E-state index in [1.54, 1.807) is 0 Å². The molecular weight excluding hydrogens is 162 g/mol. The summed E-state index contributed by atoms with van der Waals surface area (Å²) < 4.78 is 0. The molecule has 0 aliphatic heterocycles. The Morgan fingerprint density at radius 2 is 2.15 bits per heavy atom. The molecule has 13 heavy (non-hydrogen) atoms. The number of aliphatic hydroxyl groups excluding tert-OH is 1. The average molecular weight is 183 g/mol. The second kappa shape index (κ2) is 4.77. The van der Waals surface area contributed by atoms with E-state index in [-0.39, 0.29) is 6.10 Å². The molecule has 0 unspecified atom stereocenters. The fraction of sp³-hybridized carbons (Fsp3) is 0.818. The van der Waals surface area contributed by atoms with Gasteiger partial charge >= 0.3 is 0 Å². The van der Waals surface area contributed by atoms with Gasteiger partial charge < -0.3 is 10.0 Å². The number of hydrogen-bond acceptors (Lipinski definition) is 2. The van der Waals surface area contributed by atoms with Crippen LogP contribution in [0.4, 0.5) is 0 Å². The quantitative estimate of drug-likeness (QED) is 0.655. The van der Waals surface area contributed by atoms with E-state index in [4.69, 9.17) is 5.11 Å². The van der Waals surface area contributed by atoms with E-state index in [0.717, 1.165) is 32.4 Å². The zero-order chi connectivity index (χ0) is 9.84. The van der Waals surface area contributed by atoms with E-state index in [2.05, 4.69) is 25.5 Å². The molecule has 0 saturated heterocycles. The summed E-state index contributed by atoms with van der Waals surface area (Å²) in [5.74, 6) is 0.713. The standard InChI is InChI=1S/C11H21NO/c1-4-9(2)7-12(3)8-10-5-11(13)6-10/h10-11,13H,2,4-8H2,1,3H3. The summed E-state index contributed by atoms with van der Waals surface area (Å²) in [6.45, 7) is 8.24. The first-order chi connectivity index (χ1) is 6.11. The molecule has 0 aromatic carbocycles. The fourth-order valence-corrected chi connectivity index (χ4v) is 1.85. The fourth-order valence-electron chi connectivity index (χ4n) is 1.85. The van der Waals surface area contributed by atoms with Crippen LogP contribution in [0.25, 0.3) is 0 Å². The molecule has 1 aliphatic carbocycles. The van der Waals surface area contributed by atoms with E-state index in [1.165, 1.54) is 5.57 Å². The predicted molar refractivity (Wildman–Crippen MR) is 55.7 cm³/mol. The molecule has 1 fully saturated rings. The van der Waals surface area contributed by atoms with Crippen molar-refractivity contribution in [1.82, 2.24) is 4.90 Å². The Balaban J connectivity index is 2.11. The lowest BCUT2D eigenvalue weighted by atomic mass is 9.82. The van der Waals surface area contributed by atoms with Crippen molar-refractivity contribution in [2.75, 3.05) is 20.1 Å². The van der Waals surface area contributed by atoms with Crippen LogP contribution in [0.3, 0.4) is 0 Å². The van der Waals surface area contributed by atoms with E-state index < -0.39 is 0 Å². The first-order valence-corrected chi connectivity index (χ1v) is 5.15. The summed E-state index contributed by atoms with van der Waals surface area (Å²) in [6, 6.07) is 0. The van der Waals surface area contributed by atoms with Crippen LogP contribution < -0.4 is 0 Å². The third-order valence-electron chi connectivity index (χ3n) is 2.77. The van der Waals surface area contributed by atoms with E-state index in [9.17, 15) is 0 Å². The first kappa shape index (κ1) is 10.7. The molecule has 1 saturated carbocycles. The molecule has 0 aromatic rings. The van der Waals surface area contributed by atoms with Crippen LogP contribution in [0.1, 0.15) is 26.2 Å². The molecule has 1 aliphatic rings.